The first-order valence-electron chi connectivity index (χ1n) is 8.47. The Balaban J connectivity index is 1.52. The van der Waals surface area contributed by atoms with Crippen LogP contribution in [0.3, 0.4) is 0 Å². The van der Waals surface area contributed by atoms with Crippen molar-refractivity contribution in [3.63, 3.8) is 0 Å². The minimum absolute atomic E-state index is 0.313. The van der Waals surface area contributed by atoms with E-state index in [-0.39, 0.29) is 6.10 Å². The largest absolute Gasteiger partial charge is 0.391 e. The molecule has 0 saturated heterocycles. The highest BCUT2D eigenvalue weighted by Gasteiger charge is 2.14. The number of hydrogen-bond donors (Lipinski definition) is 1. The molecule has 124 valence electrons. The number of rotatable bonds is 7. The first kappa shape index (κ1) is 16.0. The highest BCUT2D eigenvalue weighted by atomic mass is 16.3. The van der Waals surface area contributed by atoms with Crippen molar-refractivity contribution < 1.29 is 5.11 Å². The van der Waals surface area contributed by atoms with Crippen molar-refractivity contribution in [3.8, 4) is 0 Å². The van der Waals surface area contributed by atoms with E-state index >= 15 is 0 Å². The molecule has 0 bridgehead atoms. The van der Waals surface area contributed by atoms with Gasteiger partial charge in [-0.05, 0) is 30.5 Å². The SMILES string of the molecule is CCC(O)Cn1cc(C2=CCN(CCn3cccc3)CC2)cn1. The molecule has 23 heavy (non-hydrogen) atoms. The molecule has 3 rings (SSSR count). The molecule has 1 unspecified atom stereocenters. The topological polar surface area (TPSA) is 46.2 Å². The fraction of sp³-hybridized carbons (Fsp3) is 0.500. The van der Waals surface area contributed by atoms with E-state index in [0.717, 1.165) is 39.0 Å². The van der Waals surface area contributed by atoms with Gasteiger partial charge in [-0.3, -0.25) is 9.58 Å². The van der Waals surface area contributed by atoms with E-state index in [0.29, 0.717) is 6.54 Å². The fourth-order valence-electron chi connectivity index (χ4n) is 2.93. The molecule has 0 radical (unpaired) electrons. The Labute approximate surface area is 137 Å². The fourth-order valence-corrected chi connectivity index (χ4v) is 2.93. The van der Waals surface area contributed by atoms with Gasteiger partial charge in [-0.2, -0.15) is 5.10 Å². The lowest BCUT2D eigenvalue weighted by Gasteiger charge is -2.26. The van der Waals surface area contributed by atoms with Crippen LogP contribution in [0, 0.1) is 0 Å². The number of aromatic nitrogens is 3. The maximum absolute atomic E-state index is 9.72. The summed E-state index contributed by atoms with van der Waals surface area (Å²) in [6.45, 7) is 6.78. The van der Waals surface area contributed by atoms with Crippen molar-refractivity contribution in [3.05, 3.63) is 48.6 Å². The van der Waals surface area contributed by atoms with Crippen LogP contribution in [0.25, 0.3) is 5.57 Å². The maximum atomic E-state index is 9.72. The third-order valence-corrected chi connectivity index (χ3v) is 4.51. The lowest BCUT2D eigenvalue weighted by Crippen LogP contribution is -2.31. The zero-order chi connectivity index (χ0) is 16.1. The Morgan fingerprint density at radius 3 is 2.78 bits per heavy atom. The van der Waals surface area contributed by atoms with Crippen molar-refractivity contribution in [2.45, 2.75) is 39.0 Å². The summed E-state index contributed by atoms with van der Waals surface area (Å²) in [6.07, 6.45) is 12.0. The second-order valence-electron chi connectivity index (χ2n) is 6.21. The standard InChI is InChI=1S/C18H26N4O/c1-2-18(23)15-22-14-17(13-19-22)16-5-9-21(10-6-16)12-11-20-7-3-4-8-20/h3-5,7-8,13-14,18,23H,2,6,9-12,15H2,1H3. The van der Waals surface area contributed by atoms with E-state index in [1.54, 1.807) is 0 Å². The van der Waals surface area contributed by atoms with Crippen LogP contribution in [-0.2, 0) is 13.1 Å². The van der Waals surface area contributed by atoms with Crippen molar-refractivity contribution in [1.29, 1.82) is 0 Å². The zero-order valence-electron chi connectivity index (χ0n) is 13.8. The minimum atomic E-state index is -0.313. The predicted molar refractivity (Wildman–Crippen MR) is 92.0 cm³/mol. The van der Waals surface area contributed by atoms with Gasteiger partial charge in [0.2, 0.25) is 0 Å². The van der Waals surface area contributed by atoms with Crippen LogP contribution in [-0.4, -0.2) is 50.1 Å². The van der Waals surface area contributed by atoms with Crippen LogP contribution in [0.4, 0.5) is 0 Å². The van der Waals surface area contributed by atoms with Gasteiger partial charge in [-0.15, -0.1) is 0 Å². The Bertz CT molecular complexity index is 629. The van der Waals surface area contributed by atoms with Crippen LogP contribution in [0.1, 0.15) is 25.3 Å². The van der Waals surface area contributed by atoms with E-state index in [1.165, 1.54) is 11.1 Å². The van der Waals surface area contributed by atoms with Gasteiger partial charge >= 0.3 is 0 Å². The number of nitrogens with zero attached hydrogens (tertiary/aromatic N) is 4. The predicted octanol–water partition coefficient (Wildman–Crippen LogP) is 2.24. The molecule has 0 saturated carbocycles. The lowest BCUT2D eigenvalue weighted by atomic mass is 10.0. The second kappa shape index (κ2) is 7.62. The Hall–Kier alpha value is -1.85. The summed E-state index contributed by atoms with van der Waals surface area (Å²) >= 11 is 0. The Morgan fingerprint density at radius 2 is 2.09 bits per heavy atom. The molecular formula is C18H26N4O. The molecule has 1 aliphatic heterocycles. The summed E-state index contributed by atoms with van der Waals surface area (Å²) < 4.78 is 4.07. The summed E-state index contributed by atoms with van der Waals surface area (Å²) in [5.74, 6) is 0. The normalized spacial score (nSPS) is 17.2. The van der Waals surface area contributed by atoms with Crippen LogP contribution in [0.5, 0.6) is 0 Å². The average Bonchev–Trinajstić information content (AvgIpc) is 3.25. The molecule has 1 atom stereocenters. The molecule has 0 spiro atoms. The monoisotopic (exact) mass is 314 g/mol. The molecule has 2 aromatic rings. The number of hydrogen-bond acceptors (Lipinski definition) is 3. The van der Waals surface area contributed by atoms with Crippen molar-refractivity contribution in [2.24, 2.45) is 0 Å². The van der Waals surface area contributed by atoms with Gasteiger partial charge in [0.15, 0.2) is 0 Å². The highest BCUT2D eigenvalue weighted by molar-refractivity contribution is 5.65. The van der Waals surface area contributed by atoms with Crippen LogP contribution in [0.2, 0.25) is 0 Å². The van der Waals surface area contributed by atoms with Gasteiger partial charge in [-0.1, -0.05) is 13.0 Å². The summed E-state index contributed by atoms with van der Waals surface area (Å²) in [5.41, 5.74) is 2.57. The van der Waals surface area contributed by atoms with Gasteiger partial charge in [0, 0.05) is 50.3 Å². The minimum Gasteiger partial charge on any atom is -0.391 e. The molecule has 5 heteroatoms. The Morgan fingerprint density at radius 1 is 1.26 bits per heavy atom. The quantitative estimate of drug-likeness (QED) is 0.852. The first-order chi connectivity index (χ1) is 11.2. The second-order valence-corrected chi connectivity index (χ2v) is 6.21. The van der Waals surface area contributed by atoms with E-state index in [9.17, 15) is 5.11 Å². The van der Waals surface area contributed by atoms with E-state index in [2.05, 4.69) is 51.4 Å². The molecule has 2 aromatic heterocycles. The molecule has 1 aliphatic rings. The van der Waals surface area contributed by atoms with Gasteiger partial charge in [0.05, 0.1) is 18.8 Å². The van der Waals surface area contributed by atoms with Gasteiger partial charge in [-0.25, -0.2) is 0 Å². The molecule has 5 nitrogen and oxygen atoms in total. The summed E-state index contributed by atoms with van der Waals surface area (Å²) in [7, 11) is 0. The summed E-state index contributed by atoms with van der Waals surface area (Å²) in [6, 6.07) is 4.14. The van der Waals surface area contributed by atoms with E-state index in [4.69, 9.17) is 0 Å². The van der Waals surface area contributed by atoms with Crippen LogP contribution >= 0.6 is 0 Å². The number of aliphatic hydroxyl groups is 1. The molecule has 3 heterocycles. The summed E-state index contributed by atoms with van der Waals surface area (Å²) in [5, 5.41) is 14.1. The van der Waals surface area contributed by atoms with Gasteiger partial charge in [0.25, 0.3) is 0 Å². The van der Waals surface area contributed by atoms with Crippen LogP contribution < -0.4 is 0 Å². The van der Waals surface area contributed by atoms with Crippen LogP contribution in [0.15, 0.2) is 43.0 Å². The van der Waals surface area contributed by atoms with E-state index < -0.39 is 0 Å². The Kier molecular flexibility index (Phi) is 5.31. The van der Waals surface area contributed by atoms with Gasteiger partial charge in [0.1, 0.15) is 0 Å². The maximum Gasteiger partial charge on any atom is 0.0733 e. The smallest absolute Gasteiger partial charge is 0.0733 e. The summed E-state index contributed by atoms with van der Waals surface area (Å²) in [4.78, 5) is 2.48. The first-order valence-corrected chi connectivity index (χ1v) is 8.47. The van der Waals surface area contributed by atoms with Crippen molar-refractivity contribution in [2.75, 3.05) is 19.6 Å². The molecule has 0 fully saturated rings. The molecular weight excluding hydrogens is 288 g/mol. The average molecular weight is 314 g/mol. The molecule has 1 N–H and O–H groups in total. The van der Waals surface area contributed by atoms with Crippen molar-refractivity contribution >= 4 is 5.57 Å². The van der Waals surface area contributed by atoms with Gasteiger partial charge < -0.3 is 9.67 Å². The van der Waals surface area contributed by atoms with Crippen molar-refractivity contribution in [1.82, 2.24) is 19.2 Å². The molecule has 0 aliphatic carbocycles. The lowest BCUT2D eigenvalue weighted by molar-refractivity contribution is 0.145. The van der Waals surface area contributed by atoms with E-state index in [1.807, 2.05) is 17.8 Å². The highest BCUT2D eigenvalue weighted by Crippen LogP contribution is 2.22. The third-order valence-electron chi connectivity index (χ3n) is 4.51. The number of aliphatic hydroxyl groups excluding tert-OH is 1. The molecule has 0 amide bonds. The zero-order valence-corrected chi connectivity index (χ0v) is 13.8. The third kappa shape index (κ3) is 4.33. The molecule has 0 aromatic carbocycles.